The highest BCUT2D eigenvalue weighted by Gasteiger charge is 2.09. The van der Waals surface area contributed by atoms with Gasteiger partial charge in [0.25, 0.3) is 0 Å². The number of carboxylic acids is 1. The van der Waals surface area contributed by atoms with Crippen molar-refractivity contribution in [3.63, 3.8) is 0 Å². The lowest BCUT2D eigenvalue weighted by Crippen LogP contribution is -2.11. The Hall–Kier alpha value is -1.91. The highest BCUT2D eigenvalue weighted by molar-refractivity contribution is 5.93. The minimum atomic E-state index is -1.16. The van der Waals surface area contributed by atoms with Crippen LogP contribution in [0.25, 0.3) is 0 Å². The molecule has 80 valence electrons. The van der Waals surface area contributed by atoms with Crippen LogP contribution in [-0.2, 0) is 4.79 Å². The standard InChI is InChI=1S/C10H10FNO3/c1-2-9(13)12-8-5-6(10(14)15)3-4-7(8)11/h3-5H,2H2,1H3,(H,12,13)(H,14,15). The van der Waals surface area contributed by atoms with E-state index < -0.39 is 11.8 Å². The first kappa shape index (κ1) is 11.2. The number of amides is 1. The van der Waals surface area contributed by atoms with Crippen molar-refractivity contribution >= 4 is 17.6 Å². The first-order valence-corrected chi connectivity index (χ1v) is 4.37. The van der Waals surface area contributed by atoms with E-state index in [2.05, 4.69) is 5.32 Å². The van der Waals surface area contributed by atoms with Crippen molar-refractivity contribution in [3.05, 3.63) is 29.6 Å². The fourth-order valence-electron chi connectivity index (χ4n) is 0.993. The van der Waals surface area contributed by atoms with Gasteiger partial charge in [0.15, 0.2) is 0 Å². The van der Waals surface area contributed by atoms with Gasteiger partial charge in [0.2, 0.25) is 5.91 Å². The smallest absolute Gasteiger partial charge is 0.335 e. The molecule has 1 aromatic carbocycles. The number of halogens is 1. The van der Waals surface area contributed by atoms with Crippen LogP contribution in [0.4, 0.5) is 10.1 Å². The van der Waals surface area contributed by atoms with E-state index in [0.29, 0.717) is 0 Å². The molecule has 2 N–H and O–H groups in total. The first-order chi connectivity index (χ1) is 7.04. The van der Waals surface area contributed by atoms with Crippen LogP contribution < -0.4 is 5.32 Å². The second-order valence-corrected chi connectivity index (χ2v) is 2.90. The maximum absolute atomic E-state index is 13.1. The summed E-state index contributed by atoms with van der Waals surface area (Å²) in [5, 5.41) is 10.9. The van der Waals surface area contributed by atoms with E-state index in [0.717, 1.165) is 18.2 Å². The number of anilines is 1. The molecule has 15 heavy (non-hydrogen) atoms. The second kappa shape index (κ2) is 4.54. The summed E-state index contributed by atoms with van der Waals surface area (Å²) in [5.74, 6) is -2.18. The summed E-state index contributed by atoms with van der Waals surface area (Å²) in [5.41, 5.74) is -0.176. The van der Waals surface area contributed by atoms with Crippen molar-refractivity contribution in [1.82, 2.24) is 0 Å². The Labute approximate surface area is 85.7 Å². The van der Waals surface area contributed by atoms with Crippen molar-refractivity contribution in [3.8, 4) is 0 Å². The molecule has 0 heterocycles. The van der Waals surface area contributed by atoms with Gasteiger partial charge in [0, 0.05) is 6.42 Å². The zero-order chi connectivity index (χ0) is 11.4. The first-order valence-electron chi connectivity index (χ1n) is 4.37. The molecular weight excluding hydrogens is 201 g/mol. The molecule has 0 aliphatic rings. The average molecular weight is 211 g/mol. The SMILES string of the molecule is CCC(=O)Nc1cc(C(=O)O)ccc1F. The average Bonchev–Trinajstić information content (AvgIpc) is 2.20. The molecule has 0 bridgehead atoms. The van der Waals surface area contributed by atoms with Crippen LogP contribution in [0.5, 0.6) is 0 Å². The fourth-order valence-corrected chi connectivity index (χ4v) is 0.993. The molecule has 1 rings (SSSR count). The zero-order valence-corrected chi connectivity index (χ0v) is 8.08. The number of carbonyl (C=O) groups excluding carboxylic acids is 1. The van der Waals surface area contributed by atoms with Gasteiger partial charge < -0.3 is 10.4 Å². The highest BCUT2D eigenvalue weighted by Crippen LogP contribution is 2.16. The van der Waals surface area contributed by atoms with Gasteiger partial charge in [0.1, 0.15) is 5.82 Å². The number of carboxylic acid groups (broad SMARTS) is 1. The summed E-state index contributed by atoms with van der Waals surface area (Å²) in [4.78, 5) is 21.6. The van der Waals surface area contributed by atoms with Gasteiger partial charge in [-0.2, -0.15) is 0 Å². The van der Waals surface area contributed by atoms with Crippen molar-refractivity contribution in [2.24, 2.45) is 0 Å². The maximum Gasteiger partial charge on any atom is 0.335 e. The Kier molecular flexibility index (Phi) is 3.38. The summed E-state index contributed by atoms with van der Waals surface area (Å²) in [7, 11) is 0. The molecule has 0 aliphatic heterocycles. The second-order valence-electron chi connectivity index (χ2n) is 2.90. The number of rotatable bonds is 3. The lowest BCUT2D eigenvalue weighted by Gasteiger charge is -2.05. The van der Waals surface area contributed by atoms with Gasteiger partial charge in [-0.25, -0.2) is 9.18 Å². The van der Waals surface area contributed by atoms with E-state index in [1.54, 1.807) is 6.92 Å². The largest absolute Gasteiger partial charge is 0.478 e. The molecule has 0 saturated heterocycles. The molecule has 5 heteroatoms. The topological polar surface area (TPSA) is 66.4 Å². The number of benzene rings is 1. The molecule has 4 nitrogen and oxygen atoms in total. The van der Waals surface area contributed by atoms with Crippen LogP contribution in [0.3, 0.4) is 0 Å². The molecule has 0 unspecified atom stereocenters. The number of hydrogen-bond acceptors (Lipinski definition) is 2. The quantitative estimate of drug-likeness (QED) is 0.802. The van der Waals surface area contributed by atoms with Crippen LogP contribution in [0.15, 0.2) is 18.2 Å². The predicted octanol–water partition coefficient (Wildman–Crippen LogP) is 1.87. The van der Waals surface area contributed by atoms with Gasteiger partial charge in [-0.05, 0) is 18.2 Å². The van der Waals surface area contributed by atoms with Crippen LogP contribution in [-0.4, -0.2) is 17.0 Å². The maximum atomic E-state index is 13.1. The van der Waals surface area contributed by atoms with E-state index in [1.165, 1.54) is 0 Å². The van der Waals surface area contributed by atoms with Crippen LogP contribution in [0, 0.1) is 5.82 Å². The van der Waals surface area contributed by atoms with E-state index in [-0.39, 0.29) is 23.6 Å². The molecule has 0 atom stereocenters. The van der Waals surface area contributed by atoms with E-state index >= 15 is 0 Å². The van der Waals surface area contributed by atoms with Crippen molar-refractivity contribution < 1.29 is 19.1 Å². The Bertz CT molecular complexity index is 404. The number of nitrogens with one attached hydrogen (secondary N) is 1. The third-order valence-corrected chi connectivity index (χ3v) is 1.81. The molecule has 0 fully saturated rings. The zero-order valence-electron chi connectivity index (χ0n) is 8.08. The Morgan fingerprint density at radius 2 is 2.13 bits per heavy atom. The molecule has 0 radical (unpaired) electrons. The summed E-state index contributed by atoms with van der Waals surface area (Å²) >= 11 is 0. The van der Waals surface area contributed by atoms with Gasteiger partial charge in [-0.1, -0.05) is 6.92 Å². The van der Waals surface area contributed by atoms with Crippen molar-refractivity contribution in [1.29, 1.82) is 0 Å². The molecule has 1 aromatic rings. The van der Waals surface area contributed by atoms with Crippen LogP contribution >= 0.6 is 0 Å². The Balaban J connectivity index is 3.00. The van der Waals surface area contributed by atoms with Gasteiger partial charge in [-0.3, -0.25) is 4.79 Å². The summed E-state index contributed by atoms with van der Waals surface area (Å²) in [6.07, 6.45) is 0.205. The highest BCUT2D eigenvalue weighted by atomic mass is 19.1. The fraction of sp³-hybridized carbons (Fsp3) is 0.200. The minimum absolute atomic E-state index is 0.0668. The molecule has 0 saturated carbocycles. The molecule has 1 amide bonds. The van der Waals surface area contributed by atoms with Crippen molar-refractivity contribution in [2.45, 2.75) is 13.3 Å². The summed E-state index contributed by atoms with van der Waals surface area (Å²) < 4.78 is 13.1. The predicted molar refractivity (Wildman–Crippen MR) is 52.3 cm³/mol. The Morgan fingerprint density at radius 1 is 1.47 bits per heavy atom. The molecule has 0 spiro atoms. The third-order valence-electron chi connectivity index (χ3n) is 1.81. The van der Waals surface area contributed by atoms with Crippen LogP contribution in [0.1, 0.15) is 23.7 Å². The monoisotopic (exact) mass is 211 g/mol. The third kappa shape index (κ3) is 2.77. The molecule has 0 aromatic heterocycles. The summed E-state index contributed by atoms with van der Waals surface area (Å²) in [6, 6.07) is 3.24. The number of hydrogen-bond donors (Lipinski definition) is 2. The van der Waals surface area contributed by atoms with E-state index in [4.69, 9.17) is 5.11 Å². The van der Waals surface area contributed by atoms with Gasteiger partial charge >= 0.3 is 5.97 Å². The Morgan fingerprint density at radius 3 is 2.67 bits per heavy atom. The van der Waals surface area contributed by atoms with Crippen LogP contribution in [0.2, 0.25) is 0 Å². The van der Waals surface area contributed by atoms with E-state index in [1.807, 2.05) is 0 Å². The summed E-state index contributed by atoms with van der Waals surface area (Å²) in [6.45, 7) is 1.62. The molecular formula is C10H10FNO3. The lowest BCUT2D eigenvalue weighted by atomic mass is 10.2. The normalized spacial score (nSPS) is 9.73. The van der Waals surface area contributed by atoms with Crippen molar-refractivity contribution in [2.75, 3.05) is 5.32 Å². The minimum Gasteiger partial charge on any atom is -0.478 e. The lowest BCUT2D eigenvalue weighted by molar-refractivity contribution is -0.115. The van der Waals surface area contributed by atoms with Gasteiger partial charge in [0.05, 0.1) is 11.3 Å². The molecule has 0 aliphatic carbocycles. The number of aromatic carboxylic acids is 1. The number of carbonyl (C=O) groups is 2. The van der Waals surface area contributed by atoms with Gasteiger partial charge in [-0.15, -0.1) is 0 Å². The van der Waals surface area contributed by atoms with E-state index in [9.17, 15) is 14.0 Å².